The van der Waals surface area contributed by atoms with Crippen LogP contribution in [0, 0.1) is 23.2 Å². The van der Waals surface area contributed by atoms with Crippen molar-refractivity contribution < 1.29 is 0 Å². The lowest BCUT2D eigenvalue weighted by Gasteiger charge is -2.42. The summed E-state index contributed by atoms with van der Waals surface area (Å²) in [6, 6.07) is 0.787. The summed E-state index contributed by atoms with van der Waals surface area (Å²) in [5.41, 5.74) is 0.563. The van der Waals surface area contributed by atoms with Gasteiger partial charge in [0.05, 0.1) is 0 Å². The maximum atomic E-state index is 3.87. The molecule has 2 saturated carbocycles. The first-order valence-electron chi connectivity index (χ1n) is 8.28. The molecule has 0 heterocycles. The lowest BCUT2D eigenvalue weighted by atomic mass is 9.68. The molecule has 0 radical (unpaired) electrons. The molecule has 0 bridgehead atoms. The van der Waals surface area contributed by atoms with Crippen molar-refractivity contribution >= 4 is 0 Å². The van der Waals surface area contributed by atoms with Crippen molar-refractivity contribution in [1.82, 2.24) is 5.32 Å². The normalized spacial score (nSPS) is 37.7. The van der Waals surface area contributed by atoms with E-state index in [2.05, 4.69) is 33.0 Å². The van der Waals surface area contributed by atoms with Gasteiger partial charge in [0.25, 0.3) is 0 Å². The molecule has 0 aromatic heterocycles. The predicted molar refractivity (Wildman–Crippen MR) is 79.7 cm³/mol. The van der Waals surface area contributed by atoms with Crippen LogP contribution in [0.4, 0.5) is 0 Å². The second kappa shape index (κ2) is 5.94. The largest absolute Gasteiger partial charge is 0.314 e. The molecule has 106 valence electrons. The number of hydrogen-bond donors (Lipinski definition) is 1. The monoisotopic (exact) mass is 251 g/mol. The lowest BCUT2D eigenvalue weighted by molar-refractivity contribution is 0.119. The maximum absolute atomic E-state index is 3.87. The van der Waals surface area contributed by atoms with Crippen LogP contribution in [0.2, 0.25) is 0 Å². The molecular weight excluding hydrogens is 218 g/mol. The summed E-state index contributed by atoms with van der Waals surface area (Å²) >= 11 is 0. The van der Waals surface area contributed by atoms with Gasteiger partial charge in [-0.1, -0.05) is 47.0 Å². The van der Waals surface area contributed by atoms with Gasteiger partial charge < -0.3 is 5.32 Å². The quantitative estimate of drug-likeness (QED) is 0.769. The molecule has 0 saturated heterocycles. The average molecular weight is 251 g/mol. The fourth-order valence-electron chi connectivity index (χ4n) is 4.70. The van der Waals surface area contributed by atoms with Crippen LogP contribution in [0.15, 0.2) is 0 Å². The second-order valence-electron chi connectivity index (χ2n) is 7.60. The van der Waals surface area contributed by atoms with Gasteiger partial charge in [0, 0.05) is 6.04 Å². The van der Waals surface area contributed by atoms with Crippen LogP contribution in [0.3, 0.4) is 0 Å². The number of nitrogens with one attached hydrogen (secondary N) is 1. The molecule has 4 unspecified atom stereocenters. The fourth-order valence-corrected chi connectivity index (χ4v) is 4.70. The van der Waals surface area contributed by atoms with E-state index in [0.717, 1.165) is 30.3 Å². The molecule has 0 aromatic carbocycles. The van der Waals surface area contributed by atoms with Gasteiger partial charge in [0.2, 0.25) is 0 Å². The first kappa shape index (κ1) is 14.4. The summed E-state index contributed by atoms with van der Waals surface area (Å²) in [6.07, 6.45) is 10.2. The Morgan fingerprint density at radius 2 is 1.94 bits per heavy atom. The summed E-state index contributed by atoms with van der Waals surface area (Å²) in [7, 11) is 0. The van der Waals surface area contributed by atoms with Gasteiger partial charge in [-0.25, -0.2) is 0 Å². The Bertz CT molecular complexity index is 258. The molecule has 0 amide bonds. The molecule has 2 aliphatic rings. The highest BCUT2D eigenvalue weighted by atomic mass is 14.9. The van der Waals surface area contributed by atoms with Gasteiger partial charge >= 0.3 is 0 Å². The van der Waals surface area contributed by atoms with E-state index in [1.807, 2.05) is 0 Å². The van der Waals surface area contributed by atoms with Crippen LogP contribution < -0.4 is 5.32 Å². The van der Waals surface area contributed by atoms with E-state index in [1.165, 1.54) is 44.9 Å². The van der Waals surface area contributed by atoms with E-state index < -0.39 is 0 Å². The van der Waals surface area contributed by atoms with Crippen molar-refractivity contribution in [2.75, 3.05) is 6.54 Å². The van der Waals surface area contributed by atoms with Crippen molar-refractivity contribution in [2.45, 2.75) is 78.7 Å². The van der Waals surface area contributed by atoms with Crippen LogP contribution >= 0.6 is 0 Å². The molecule has 0 spiro atoms. The van der Waals surface area contributed by atoms with Gasteiger partial charge in [0.1, 0.15) is 0 Å². The maximum Gasteiger partial charge on any atom is 0.0129 e. The highest BCUT2D eigenvalue weighted by Gasteiger charge is 2.42. The summed E-state index contributed by atoms with van der Waals surface area (Å²) < 4.78 is 0. The molecule has 1 nitrogen and oxygen atoms in total. The Balaban J connectivity index is 2.07. The highest BCUT2D eigenvalue weighted by Crippen LogP contribution is 2.47. The molecule has 4 atom stereocenters. The molecule has 2 rings (SSSR count). The molecule has 1 heteroatoms. The zero-order valence-electron chi connectivity index (χ0n) is 13.0. The van der Waals surface area contributed by atoms with Crippen LogP contribution in [-0.4, -0.2) is 12.6 Å². The van der Waals surface area contributed by atoms with Crippen LogP contribution in [0.1, 0.15) is 72.6 Å². The first-order chi connectivity index (χ1) is 8.54. The minimum atomic E-state index is 0.563. The zero-order valence-corrected chi connectivity index (χ0v) is 13.0. The molecule has 2 fully saturated rings. The van der Waals surface area contributed by atoms with E-state index in [9.17, 15) is 0 Å². The molecule has 0 aliphatic heterocycles. The summed E-state index contributed by atoms with van der Waals surface area (Å²) in [5, 5.41) is 3.87. The smallest absolute Gasteiger partial charge is 0.0129 e. The number of hydrogen-bond acceptors (Lipinski definition) is 1. The van der Waals surface area contributed by atoms with Crippen molar-refractivity contribution in [3.8, 4) is 0 Å². The minimum Gasteiger partial charge on any atom is -0.314 e. The van der Waals surface area contributed by atoms with Gasteiger partial charge in [-0.3, -0.25) is 0 Å². The lowest BCUT2D eigenvalue weighted by Crippen LogP contribution is -2.47. The van der Waals surface area contributed by atoms with Crippen molar-refractivity contribution in [2.24, 2.45) is 23.2 Å². The van der Waals surface area contributed by atoms with Gasteiger partial charge in [-0.2, -0.15) is 0 Å². The van der Waals surface area contributed by atoms with E-state index in [-0.39, 0.29) is 0 Å². The standard InChI is InChI=1S/C17H33N/c1-5-18-16(14-9-6-8-13(2)12-14)15-10-7-11-17(15,3)4/h13-16,18H,5-12H2,1-4H3. The SMILES string of the molecule is CCNC(C1CCCC(C)C1)C1CCCC1(C)C. The molecule has 0 aromatic rings. The average Bonchev–Trinajstić information content (AvgIpc) is 2.66. The molecule has 2 aliphatic carbocycles. The molecule has 18 heavy (non-hydrogen) atoms. The van der Waals surface area contributed by atoms with Crippen LogP contribution in [0.25, 0.3) is 0 Å². The van der Waals surface area contributed by atoms with E-state index in [0.29, 0.717) is 5.41 Å². The second-order valence-corrected chi connectivity index (χ2v) is 7.60. The third-order valence-corrected chi connectivity index (χ3v) is 5.70. The summed E-state index contributed by atoms with van der Waals surface area (Å²) in [6.45, 7) is 10.9. The van der Waals surface area contributed by atoms with Crippen molar-refractivity contribution in [3.05, 3.63) is 0 Å². The Morgan fingerprint density at radius 1 is 1.17 bits per heavy atom. The summed E-state index contributed by atoms with van der Waals surface area (Å²) in [4.78, 5) is 0. The van der Waals surface area contributed by atoms with Gasteiger partial charge in [-0.05, 0) is 55.4 Å². The molecule has 1 N–H and O–H groups in total. The summed E-state index contributed by atoms with van der Waals surface area (Å²) in [5.74, 6) is 2.80. The predicted octanol–water partition coefficient (Wildman–Crippen LogP) is 4.62. The highest BCUT2D eigenvalue weighted by molar-refractivity contribution is 4.96. The number of rotatable bonds is 4. The minimum absolute atomic E-state index is 0.563. The zero-order chi connectivity index (χ0) is 13.2. The van der Waals surface area contributed by atoms with Gasteiger partial charge in [0.15, 0.2) is 0 Å². The fraction of sp³-hybridized carbons (Fsp3) is 1.00. The molecular formula is C17H33N. The van der Waals surface area contributed by atoms with Gasteiger partial charge in [-0.15, -0.1) is 0 Å². The van der Waals surface area contributed by atoms with E-state index in [4.69, 9.17) is 0 Å². The van der Waals surface area contributed by atoms with E-state index >= 15 is 0 Å². The topological polar surface area (TPSA) is 12.0 Å². The Labute approximate surface area is 114 Å². The van der Waals surface area contributed by atoms with Crippen LogP contribution in [0.5, 0.6) is 0 Å². The Hall–Kier alpha value is -0.0400. The third-order valence-electron chi connectivity index (χ3n) is 5.70. The van der Waals surface area contributed by atoms with E-state index in [1.54, 1.807) is 0 Å². The van der Waals surface area contributed by atoms with Crippen molar-refractivity contribution in [1.29, 1.82) is 0 Å². The van der Waals surface area contributed by atoms with Crippen molar-refractivity contribution in [3.63, 3.8) is 0 Å². The third kappa shape index (κ3) is 3.10. The van der Waals surface area contributed by atoms with Crippen LogP contribution in [-0.2, 0) is 0 Å². The first-order valence-corrected chi connectivity index (χ1v) is 8.28. The Kier molecular flexibility index (Phi) is 4.75. The Morgan fingerprint density at radius 3 is 2.50 bits per heavy atom.